The Morgan fingerprint density at radius 3 is 2.43 bits per heavy atom. The highest BCUT2D eigenvalue weighted by Gasteiger charge is 2.16. The minimum Gasteiger partial charge on any atom is -0.496 e. The monoisotopic (exact) mass is 546 g/mol. The molecule has 3 N–H and O–H groups in total. The fourth-order valence-corrected chi connectivity index (χ4v) is 4.25. The van der Waals surface area contributed by atoms with E-state index in [4.69, 9.17) is 4.74 Å². The summed E-state index contributed by atoms with van der Waals surface area (Å²) in [5.74, 6) is 1.48. The summed E-state index contributed by atoms with van der Waals surface area (Å²) in [6.07, 6.45) is 0.782. The van der Waals surface area contributed by atoms with E-state index in [0.29, 0.717) is 23.9 Å². The van der Waals surface area contributed by atoms with E-state index in [-0.39, 0.29) is 30.5 Å². The van der Waals surface area contributed by atoms with Crippen molar-refractivity contribution in [3.8, 4) is 5.75 Å². The summed E-state index contributed by atoms with van der Waals surface area (Å²) in [6.45, 7) is 5.01. The maximum atomic E-state index is 12.5. The number of para-hydroxylation sites is 1. The summed E-state index contributed by atoms with van der Waals surface area (Å²) >= 11 is 0. The van der Waals surface area contributed by atoms with Gasteiger partial charge < -0.3 is 15.4 Å². The zero-order valence-corrected chi connectivity index (χ0v) is 21.0. The molecule has 0 saturated heterocycles. The first-order valence-electron chi connectivity index (χ1n) is 9.50. The van der Waals surface area contributed by atoms with Gasteiger partial charge in [0.2, 0.25) is 10.0 Å². The van der Waals surface area contributed by atoms with Crippen LogP contribution in [0.15, 0.2) is 52.4 Å². The Labute approximate surface area is 196 Å². The number of benzene rings is 2. The van der Waals surface area contributed by atoms with Gasteiger partial charge in [-0.2, -0.15) is 0 Å². The smallest absolute Gasteiger partial charge is 0.240 e. The van der Waals surface area contributed by atoms with Crippen molar-refractivity contribution in [3.63, 3.8) is 0 Å². The fraction of sp³-hybridized carbons (Fsp3) is 0.381. The van der Waals surface area contributed by atoms with E-state index < -0.39 is 10.0 Å². The van der Waals surface area contributed by atoms with E-state index in [2.05, 4.69) is 20.3 Å². The van der Waals surface area contributed by atoms with Crippen molar-refractivity contribution in [1.29, 1.82) is 0 Å². The standard InChI is InChI=1S/C21H30N4O3S.HI/c1-16-9-10-17(2)20(15-16)29(26,27)25-14-13-24-21(22-3)23-12-11-18-7-5-6-8-19(18)28-4;/h5-10,15,25H,11-14H2,1-4H3,(H2,22,23,24);1H. The number of nitrogens with one attached hydrogen (secondary N) is 3. The van der Waals surface area contributed by atoms with Gasteiger partial charge in [0.1, 0.15) is 5.75 Å². The molecule has 9 heteroatoms. The predicted octanol–water partition coefficient (Wildman–Crippen LogP) is 2.62. The van der Waals surface area contributed by atoms with Gasteiger partial charge in [0.05, 0.1) is 12.0 Å². The number of hydrogen-bond acceptors (Lipinski definition) is 4. The van der Waals surface area contributed by atoms with Crippen molar-refractivity contribution >= 4 is 40.0 Å². The molecule has 2 rings (SSSR count). The first-order chi connectivity index (χ1) is 13.9. The Hall–Kier alpha value is -1.85. The highest BCUT2D eigenvalue weighted by Crippen LogP contribution is 2.17. The lowest BCUT2D eigenvalue weighted by Gasteiger charge is -2.14. The van der Waals surface area contributed by atoms with E-state index in [1.165, 1.54) is 0 Å². The third-order valence-corrected chi connectivity index (χ3v) is 6.05. The Morgan fingerprint density at radius 1 is 1.03 bits per heavy atom. The first kappa shape index (κ1) is 26.2. The molecule has 2 aromatic carbocycles. The number of aliphatic imine (C=N–C) groups is 1. The van der Waals surface area contributed by atoms with E-state index in [9.17, 15) is 8.42 Å². The SMILES string of the molecule is CN=C(NCCNS(=O)(=O)c1cc(C)ccc1C)NCCc1ccccc1OC.I. The third-order valence-electron chi connectivity index (χ3n) is 4.45. The maximum Gasteiger partial charge on any atom is 0.240 e. The first-order valence-corrected chi connectivity index (χ1v) is 11.0. The Balaban J connectivity index is 0.00000450. The highest BCUT2D eigenvalue weighted by molar-refractivity contribution is 14.0. The molecule has 0 saturated carbocycles. The second kappa shape index (κ2) is 12.8. The number of ether oxygens (including phenoxy) is 1. The summed E-state index contributed by atoms with van der Waals surface area (Å²) in [5.41, 5.74) is 2.75. The average Bonchev–Trinajstić information content (AvgIpc) is 2.71. The molecule has 2 aromatic rings. The van der Waals surface area contributed by atoms with Crippen LogP contribution >= 0.6 is 24.0 Å². The molecule has 0 amide bonds. The highest BCUT2D eigenvalue weighted by atomic mass is 127. The van der Waals surface area contributed by atoms with Crippen molar-refractivity contribution in [2.24, 2.45) is 4.99 Å². The summed E-state index contributed by atoms with van der Waals surface area (Å²) in [6, 6.07) is 13.3. The van der Waals surface area contributed by atoms with E-state index in [1.54, 1.807) is 27.1 Å². The predicted molar refractivity (Wildman–Crippen MR) is 133 cm³/mol. The molecule has 0 radical (unpaired) electrons. The van der Waals surface area contributed by atoms with Gasteiger partial charge in [0.25, 0.3) is 0 Å². The lowest BCUT2D eigenvalue weighted by molar-refractivity contribution is 0.409. The molecule has 7 nitrogen and oxygen atoms in total. The number of halogens is 1. The van der Waals surface area contributed by atoms with Crippen LogP contribution in [0.5, 0.6) is 5.75 Å². The van der Waals surface area contributed by atoms with E-state index in [0.717, 1.165) is 28.9 Å². The number of rotatable bonds is 9. The Kier molecular flexibility index (Phi) is 11.1. The van der Waals surface area contributed by atoms with Gasteiger partial charge in [-0.15, -0.1) is 24.0 Å². The summed E-state index contributed by atoms with van der Waals surface area (Å²) in [7, 11) is -0.205. The summed E-state index contributed by atoms with van der Waals surface area (Å²) in [4.78, 5) is 4.48. The largest absolute Gasteiger partial charge is 0.496 e. The molecule has 0 aliphatic rings. The van der Waals surface area contributed by atoms with Crippen molar-refractivity contribution in [2.75, 3.05) is 33.8 Å². The van der Waals surface area contributed by atoms with Crippen LogP contribution in [0.25, 0.3) is 0 Å². The Morgan fingerprint density at radius 2 is 1.73 bits per heavy atom. The van der Waals surface area contributed by atoms with E-state index >= 15 is 0 Å². The van der Waals surface area contributed by atoms with Gasteiger partial charge in [-0.1, -0.05) is 30.3 Å². The van der Waals surface area contributed by atoms with Crippen molar-refractivity contribution in [3.05, 3.63) is 59.2 Å². The summed E-state index contributed by atoms with van der Waals surface area (Å²) in [5, 5.41) is 6.34. The van der Waals surface area contributed by atoms with Gasteiger partial charge in [-0.05, 0) is 49.1 Å². The van der Waals surface area contributed by atoms with Crippen LogP contribution in [0, 0.1) is 13.8 Å². The third kappa shape index (κ3) is 7.77. The number of sulfonamides is 1. The topological polar surface area (TPSA) is 91.8 Å². The van der Waals surface area contributed by atoms with Gasteiger partial charge in [0, 0.05) is 26.7 Å². The van der Waals surface area contributed by atoms with Gasteiger partial charge in [-0.3, -0.25) is 4.99 Å². The van der Waals surface area contributed by atoms with Crippen LogP contribution in [-0.4, -0.2) is 48.2 Å². The van der Waals surface area contributed by atoms with Crippen molar-refractivity contribution < 1.29 is 13.2 Å². The van der Waals surface area contributed by atoms with Crippen LogP contribution in [0.4, 0.5) is 0 Å². The summed E-state index contributed by atoms with van der Waals surface area (Å²) < 4.78 is 33.0. The number of nitrogens with zero attached hydrogens (tertiary/aromatic N) is 1. The Bertz CT molecular complexity index is 949. The van der Waals surface area contributed by atoms with Crippen LogP contribution < -0.4 is 20.1 Å². The second-order valence-corrected chi connectivity index (χ2v) is 8.39. The number of methoxy groups -OCH3 is 1. The minimum atomic E-state index is -3.54. The zero-order chi connectivity index (χ0) is 21.3. The molecule has 0 aromatic heterocycles. The molecule has 0 heterocycles. The fourth-order valence-electron chi connectivity index (χ4n) is 2.89. The number of guanidine groups is 1. The normalized spacial score (nSPS) is 11.5. The molecule has 0 atom stereocenters. The molecule has 0 bridgehead atoms. The zero-order valence-electron chi connectivity index (χ0n) is 17.9. The van der Waals surface area contributed by atoms with Crippen LogP contribution in [0.1, 0.15) is 16.7 Å². The second-order valence-electron chi connectivity index (χ2n) is 6.65. The van der Waals surface area contributed by atoms with Crippen LogP contribution in [0.3, 0.4) is 0 Å². The van der Waals surface area contributed by atoms with Crippen LogP contribution in [-0.2, 0) is 16.4 Å². The molecule has 0 aliphatic carbocycles. The molecular formula is C21H31IN4O3S. The number of aryl methyl sites for hydroxylation is 2. The molecule has 0 fully saturated rings. The maximum absolute atomic E-state index is 12.5. The average molecular weight is 546 g/mol. The lowest BCUT2D eigenvalue weighted by Crippen LogP contribution is -2.42. The molecule has 0 aliphatic heterocycles. The van der Waals surface area contributed by atoms with Gasteiger partial charge in [-0.25, -0.2) is 13.1 Å². The molecule has 0 unspecified atom stereocenters. The van der Waals surface area contributed by atoms with Gasteiger partial charge in [0.15, 0.2) is 5.96 Å². The lowest BCUT2D eigenvalue weighted by atomic mass is 10.1. The minimum absolute atomic E-state index is 0. The van der Waals surface area contributed by atoms with Gasteiger partial charge >= 0.3 is 0 Å². The van der Waals surface area contributed by atoms with Crippen molar-refractivity contribution in [1.82, 2.24) is 15.4 Å². The van der Waals surface area contributed by atoms with E-state index in [1.807, 2.05) is 43.3 Å². The van der Waals surface area contributed by atoms with Crippen LogP contribution in [0.2, 0.25) is 0 Å². The molecule has 166 valence electrons. The molecule has 30 heavy (non-hydrogen) atoms. The number of hydrogen-bond donors (Lipinski definition) is 3. The quantitative estimate of drug-likeness (QED) is 0.195. The molecule has 0 spiro atoms. The van der Waals surface area contributed by atoms with Crippen molar-refractivity contribution in [2.45, 2.75) is 25.2 Å². The molecular weight excluding hydrogens is 515 g/mol.